The minimum absolute atomic E-state index is 0.171. The van der Waals surface area contributed by atoms with Crippen molar-refractivity contribution in [2.75, 3.05) is 0 Å². The minimum Gasteiger partial charge on any atom is -0.479 e. The molecule has 5 nitrogen and oxygen atoms in total. The fourth-order valence-corrected chi connectivity index (χ4v) is 1.93. The zero-order chi connectivity index (χ0) is 14.0. The maximum Gasteiger partial charge on any atom is 0.333 e. The Bertz CT molecular complexity index is 576. The summed E-state index contributed by atoms with van der Waals surface area (Å²) in [6.07, 6.45) is 0. The molecule has 100 valence electrons. The van der Waals surface area contributed by atoms with E-state index in [1.165, 1.54) is 4.68 Å². The number of hydrogen-bond acceptors (Lipinski definition) is 3. The average Bonchev–Trinajstić information content (AvgIpc) is 2.73. The number of carboxylic acids is 1. The molecule has 1 unspecified atom stereocenters. The van der Waals surface area contributed by atoms with E-state index in [1.54, 1.807) is 19.1 Å². The van der Waals surface area contributed by atoms with Gasteiger partial charge in [-0.3, -0.25) is 0 Å². The Morgan fingerprint density at radius 3 is 2.37 bits per heavy atom. The molecular formula is C14H17N3O2. The molecule has 1 N–H and O–H groups in total. The molecule has 2 aromatic rings. The highest BCUT2D eigenvalue weighted by molar-refractivity contribution is 5.75. The number of benzene rings is 1. The highest BCUT2D eigenvalue weighted by atomic mass is 16.4. The van der Waals surface area contributed by atoms with Gasteiger partial charge in [0.25, 0.3) is 0 Å². The lowest BCUT2D eigenvalue weighted by Crippen LogP contribution is -2.22. The van der Waals surface area contributed by atoms with Crippen LogP contribution in [-0.4, -0.2) is 25.8 Å². The smallest absolute Gasteiger partial charge is 0.333 e. The van der Waals surface area contributed by atoms with Crippen molar-refractivity contribution < 1.29 is 9.90 Å². The van der Waals surface area contributed by atoms with Gasteiger partial charge in [-0.1, -0.05) is 44.2 Å². The molecule has 0 aliphatic heterocycles. The van der Waals surface area contributed by atoms with Crippen molar-refractivity contribution in [2.45, 2.75) is 32.7 Å². The third-order valence-electron chi connectivity index (χ3n) is 2.93. The van der Waals surface area contributed by atoms with Crippen LogP contribution in [-0.2, 0) is 4.79 Å². The highest BCUT2D eigenvalue weighted by Crippen LogP contribution is 2.21. The Morgan fingerprint density at radius 2 is 1.89 bits per heavy atom. The van der Waals surface area contributed by atoms with Crippen molar-refractivity contribution >= 4 is 5.97 Å². The van der Waals surface area contributed by atoms with Crippen molar-refractivity contribution in [2.24, 2.45) is 0 Å². The molecule has 0 bridgehead atoms. The van der Waals surface area contributed by atoms with Crippen molar-refractivity contribution in [3.8, 4) is 0 Å². The van der Waals surface area contributed by atoms with Crippen LogP contribution in [0, 0.1) is 6.92 Å². The predicted molar refractivity (Wildman–Crippen MR) is 71.1 cm³/mol. The summed E-state index contributed by atoms with van der Waals surface area (Å²) in [5.74, 6) is 0.513. The van der Waals surface area contributed by atoms with Gasteiger partial charge < -0.3 is 5.11 Å². The van der Waals surface area contributed by atoms with E-state index >= 15 is 0 Å². The Morgan fingerprint density at radius 1 is 1.26 bits per heavy atom. The van der Waals surface area contributed by atoms with Crippen LogP contribution >= 0.6 is 0 Å². The first kappa shape index (κ1) is 13.3. The lowest BCUT2D eigenvalue weighted by atomic mass is 10.1. The summed E-state index contributed by atoms with van der Waals surface area (Å²) < 4.78 is 1.48. The molecule has 1 aromatic carbocycles. The number of nitrogens with zero attached hydrogens (tertiary/aromatic N) is 3. The van der Waals surface area contributed by atoms with Gasteiger partial charge in [0, 0.05) is 5.92 Å². The fourth-order valence-electron chi connectivity index (χ4n) is 1.93. The van der Waals surface area contributed by atoms with E-state index in [1.807, 2.05) is 32.0 Å². The van der Waals surface area contributed by atoms with Gasteiger partial charge in [-0.2, -0.15) is 5.10 Å². The first-order chi connectivity index (χ1) is 9.00. The maximum absolute atomic E-state index is 11.5. The molecule has 0 spiro atoms. The van der Waals surface area contributed by atoms with Gasteiger partial charge in [-0.25, -0.2) is 14.5 Å². The van der Waals surface area contributed by atoms with Crippen LogP contribution in [0.5, 0.6) is 0 Å². The van der Waals surface area contributed by atoms with Gasteiger partial charge in [0.1, 0.15) is 5.82 Å². The highest BCUT2D eigenvalue weighted by Gasteiger charge is 2.25. The summed E-state index contributed by atoms with van der Waals surface area (Å²) in [6.45, 7) is 5.74. The van der Waals surface area contributed by atoms with Crippen molar-refractivity contribution in [3.05, 3.63) is 47.5 Å². The Hall–Kier alpha value is -2.17. The zero-order valence-electron chi connectivity index (χ0n) is 11.2. The van der Waals surface area contributed by atoms with Gasteiger partial charge in [-0.15, -0.1) is 0 Å². The van der Waals surface area contributed by atoms with Crippen LogP contribution in [0.15, 0.2) is 30.3 Å². The quantitative estimate of drug-likeness (QED) is 0.915. The summed E-state index contributed by atoms with van der Waals surface area (Å²) in [5, 5.41) is 13.8. The second-order valence-corrected chi connectivity index (χ2v) is 4.77. The number of carbonyl (C=O) groups is 1. The minimum atomic E-state index is -0.936. The van der Waals surface area contributed by atoms with Gasteiger partial charge in [-0.05, 0) is 12.5 Å². The van der Waals surface area contributed by atoms with E-state index in [2.05, 4.69) is 10.1 Å². The number of aryl methyl sites for hydroxylation is 1. The van der Waals surface area contributed by atoms with Crippen molar-refractivity contribution in [1.29, 1.82) is 0 Å². The van der Waals surface area contributed by atoms with Crippen LogP contribution in [0.4, 0.5) is 0 Å². The molecule has 1 atom stereocenters. The zero-order valence-corrected chi connectivity index (χ0v) is 11.2. The average molecular weight is 259 g/mol. The maximum atomic E-state index is 11.5. The van der Waals surface area contributed by atoms with Gasteiger partial charge in [0.2, 0.25) is 0 Å². The Labute approximate surface area is 111 Å². The number of aliphatic carboxylic acids is 1. The van der Waals surface area contributed by atoms with Crippen LogP contribution < -0.4 is 0 Å². The molecule has 19 heavy (non-hydrogen) atoms. The SMILES string of the molecule is Cc1nc(C(C)C)nn1C(C(=O)O)c1ccccc1. The molecule has 0 aliphatic rings. The molecular weight excluding hydrogens is 242 g/mol. The summed E-state index contributed by atoms with van der Waals surface area (Å²) in [5.41, 5.74) is 0.693. The number of carboxylic acid groups (broad SMARTS) is 1. The van der Waals surface area contributed by atoms with Crippen LogP contribution in [0.2, 0.25) is 0 Å². The van der Waals surface area contributed by atoms with E-state index in [0.29, 0.717) is 17.2 Å². The molecule has 0 fully saturated rings. The topological polar surface area (TPSA) is 68.0 Å². The number of rotatable bonds is 4. The van der Waals surface area contributed by atoms with E-state index in [4.69, 9.17) is 0 Å². The largest absolute Gasteiger partial charge is 0.479 e. The Kier molecular flexibility index (Phi) is 3.64. The fraction of sp³-hybridized carbons (Fsp3) is 0.357. The molecule has 2 rings (SSSR count). The molecule has 5 heteroatoms. The molecule has 1 heterocycles. The van der Waals surface area contributed by atoms with Gasteiger partial charge in [0.15, 0.2) is 11.9 Å². The first-order valence-corrected chi connectivity index (χ1v) is 6.21. The molecule has 0 amide bonds. The van der Waals surface area contributed by atoms with E-state index in [-0.39, 0.29) is 5.92 Å². The molecule has 0 saturated heterocycles. The van der Waals surface area contributed by atoms with Gasteiger partial charge in [0.05, 0.1) is 0 Å². The van der Waals surface area contributed by atoms with Crippen molar-refractivity contribution in [3.63, 3.8) is 0 Å². The monoisotopic (exact) mass is 259 g/mol. The molecule has 0 radical (unpaired) electrons. The van der Waals surface area contributed by atoms with Crippen LogP contribution in [0.25, 0.3) is 0 Å². The van der Waals surface area contributed by atoms with Crippen molar-refractivity contribution in [1.82, 2.24) is 14.8 Å². The third kappa shape index (κ3) is 2.65. The normalized spacial score (nSPS) is 12.6. The second kappa shape index (κ2) is 5.22. The summed E-state index contributed by atoms with van der Waals surface area (Å²) >= 11 is 0. The lowest BCUT2D eigenvalue weighted by molar-refractivity contribution is -0.139. The van der Waals surface area contributed by atoms with E-state index in [0.717, 1.165) is 0 Å². The third-order valence-corrected chi connectivity index (χ3v) is 2.93. The number of hydrogen-bond donors (Lipinski definition) is 1. The van der Waals surface area contributed by atoms with E-state index in [9.17, 15) is 9.90 Å². The second-order valence-electron chi connectivity index (χ2n) is 4.77. The van der Waals surface area contributed by atoms with E-state index < -0.39 is 12.0 Å². The lowest BCUT2D eigenvalue weighted by Gasteiger charge is -2.14. The summed E-state index contributed by atoms with van der Waals surface area (Å²) in [4.78, 5) is 15.9. The standard InChI is InChI=1S/C14H17N3O2/c1-9(2)13-15-10(3)17(16-13)12(14(18)19)11-7-5-4-6-8-11/h4-9,12H,1-3H3,(H,18,19). The number of aromatic nitrogens is 3. The Balaban J connectivity index is 2.49. The predicted octanol–water partition coefficient (Wildman–Crippen LogP) is 2.38. The first-order valence-electron chi connectivity index (χ1n) is 6.21. The molecule has 1 aromatic heterocycles. The van der Waals surface area contributed by atoms with Gasteiger partial charge >= 0.3 is 5.97 Å². The molecule has 0 saturated carbocycles. The summed E-state index contributed by atoms with van der Waals surface area (Å²) in [6, 6.07) is 8.24. The van der Waals surface area contributed by atoms with Crippen LogP contribution in [0.3, 0.4) is 0 Å². The summed E-state index contributed by atoms with van der Waals surface area (Å²) in [7, 11) is 0. The molecule has 0 aliphatic carbocycles. The van der Waals surface area contributed by atoms with Crippen LogP contribution in [0.1, 0.15) is 43.0 Å².